The van der Waals surface area contributed by atoms with Crippen LogP contribution in [-0.2, 0) is 21.4 Å². The average Bonchev–Trinajstić information content (AvgIpc) is 3.08. The first-order valence-corrected chi connectivity index (χ1v) is 11.7. The van der Waals surface area contributed by atoms with Crippen LogP contribution in [0.2, 0.25) is 5.02 Å². The number of nitrogens with one attached hydrogen (secondary N) is 1. The Hall–Kier alpha value is -3.42. The molecule has 1 N–H and O–H groups in total. The minimum Gasteiger partial charge on any atom is -0.324 e. The molecule has 0 radical (unpaired) electrons. The molecule has 162 valence electrons. The number of sulfonamides is 1. The standard InChI is InChI=1S/C24H20ClN3O3S/c1-17-26-22-13-11-18(15-23(22)28(17)16-19-7-5-6-10-21(19)25)12-14-24(29)27-32(30,31)20-8-3-2-4-9-20/h2-15H,16H2,1H3,(H,27,29). The van der Waals surface area contributed by atoms with Crippen LogP contribution < -0.4 is 4.72 Å². The zero-order valence-electron chi connectivity index (χ0n) is 17.2. The van der Waals surface area contributed by atoms with Crippen LogP contribution in [0, 0.1) is 6.92 Å². The highest BCUT2D eigenvalue weighted by Gasteiger charge is 2.15. The maximum absolute atomic E-state index is 12.3. The van der Waals surface area contributed by atoms with E-state index in [1.54, 1.807) is 24.3 Å². The molecule has 0 fully saturated rings. The highest BCUT2D eigenvalue weighted by Crippen LogP contribution is 2.23. The number of aryl methyl sites for hydroxylation is 1. The van der Waals surface area contributed by atoms with E-state index in [1.807, 2.05) is 58.7 Å². The molecule has 0 aliphatic rings. The SMILES string of the molecule is Cc1nc2ccc(C=CC(=O)NS(=O)(=O)c3ccccc3)cc2n1Cc1ccccc1Cl. The Labute approximate surface area is 191 Å². The van der Waals surface area contributed by atoms with Crippen molar-refractivity contribution in [2.75, 3.05) is 0 Å². The molecule has 4 aromatic rings. The number of aromatic nitrogens is 2. The van der Waals surface area contributed by atoms with E-state index >= 15 is 0 Å². The number of imidazole rings is 1. The molecule has 6 nitrogen and oxygen atoms in total. The van der Waals surface area contributed by atoms with Crippen molar-refractivity contribution in [3.8, 4) is 0 Å². The summed E-state index contributed by atoms with van der Waals surface area (Å²) in [5.74, 6) is 0.113. The summed E-state index contributed by atoms with van der Waals surface area (Å²) in [5, 5.41) is 0.682. The van der Waals surface area contributed by atoms with Crippen molar-refractivity contribution < 1.29 is 13.2 Å². The molecule has 0 aliphatic heterocycles. The molecule has 0 atom stereocenters. The lowest BCUT2D eigenvalue weighted by Crippen LogP contribution is -2.28. The van der Waals surface area contributed by atoms with Gasteiger partial charge in [-0.1, -0.05) is 54.1 Å². The number of nitrogens with zero attached hydrogens (tertiary/aromatic N) is 2. The quantitative estimate of drug-likeness (QED) is 0.423. The molecule has 1 heterocycles. The Morgan fingerprint density at radius 1 is 1.06 bits per heavy atom. The van der Waals surface area contributed by atoms with Gasteiger partial charge in [-0.3, -0.25) is 4.79 Å². The molecular weight excluding hydrogens is 446 g/mol. The van der Waals surface area contributed by atoms with E-state index in [1.165, 1.54) is 18.2 Å². The van der Waals surface area contributed by atoms with E-state index < -0.39 is 15.9 Å². The summed E-state index contributed by atoms with van der Waals surface area (Å²) in [7, 11) is -3.92. The van der Waals surface area contributed by atoms with Gasteiger partial charge < -0.3 is 4.57 Å². The van der Waals surface area contributed by atoms with E-state index in [-0.39, 0.29) is 4.90 Å². The van der Waals surface area contributed by atoms with Crippen LogP contribution >= 0.6 is 11.6 Å². The van der Waals surface area contributed by atoms with Crippen LogP contribution in [0.15, 0.2) is 83.8 Å². The number of rotatable bonds is 6. The van der Waals surface area contributed by atoms with E-state index in [4.69, 9.17) is 11.6 Å². The van der Waals surface area contributed by atoms with Crippen LogP contribution in [-0.4, -0.2) is 23.9 Å². The molecule has 0 saturated heterocycles. The number of fused-ring (bicyclic) bond motifs is 1. The van der Waals surface area contributed by atoms with Crippen molar-refractivity contribution in [3.05, 3.63) is 101 Å². The fraction of sp³-hybridized carbons (Fsp3) is 0.0833. The van der Waals surface area contributed by atoms with Crippen LogP contribution in [0.3, 0.4) is 0 Å². The third kappa shape index (κ3) is 4.74. The smallest absolute Gasteiger partial charge is 0.264 e. The molecule has 0 bridgehead atoms. The number of amides is 1. The lowest BCUT2D eigenvalue weighted by atomic mass is 10.1. The summed E-state index contributed by atoms with van der Waals surface area (Å²) in [4.78, 5) is 16.8. The van der Waals surface area contributed by atoms with E-state index in [9.17, 15) is 13.2 Å². The van der Waals surface area contributed by atoms with Gasteiger partial charge in [0.25, 0.3) is 15.9 Å². The summed E-state index contributed by atoms with van der Waals surface area (Å²) in [6, 6.07) is 21.0. The number of benzene rings is 3. The number of carbonyl (C=O) groups excluding carboxylic acids is 1. The topological polar surface area (TPSA) is 81.1 Å². The van der Waals surface area contributed by atoms with Crippen molar-refractivity contribution in [1.82, 2.24) is 14.3 Å². The molecule has 4 rings (SSSR count). The Morgan fingerprint density at radius 2 is 1.78 bits per heavy atom. The Bertz CT molecular complexity index is 1430. The van der Waals surface area contributed by atoms with Crippen LogP contribution in [0.1, 0.15) is 17.0 Å². The zero-order chi connectivity index (χ0) is 22.7. The minimum atomic E-state index is -3.92. The summed E-state index contributed by atoms with van der Waals surface area (Å²) in [6.07, 6.45) is 2.76. The molecule has 0 saturated carbocycles. The fourth-order valence-electron chi connectivity index (χ4n) is 3.36. The van der Waals surface area contributed by atoms with Crippen molar-refractivity contribution in [2.45, 2.75) is 18.4 Å². The first kappa shape index (κ1) is 21.8. The van der Waals surface area contributed by atoms with E-state index in [0.717, 1.165) is 28.0 Å². The van der Waals surface area contributed by atoms with Gasteiger partial charge in [0.15, 0.2) is 0 Å². The molecule has 32 heavy (non-hydrogen) atoms. The van der Waals surface area contributed by atoms with Gasteiger partial charge in [-0.05, 0) is 54.5 Å². The minimum absolute atomic E-state index is 0.0297. The molecule has 1 amide bonds. The molecule has 0 aliphatic carbocycles. The third-order valence-electron chi connectivity index (χ3n) is 4.97. The van der Waals surface area contributed by atoms with Crippen molar-refractivity contribution >= 4 is 44.6 Å². The Morgan fingerprint density at radius 3 is 2.53 bits per heavy atom. The summed E-state index contributed by atoms with van der Waals surface area (Å²) < 4.78 is 28.7. The van der Waals surface area contributed by atoms with Crippen LogP contribution in [0.25, 0.3) is 17.1 Å². The average molecular weight is 466 g/mol. The molecule has 1 aromatic heterocycles. The lowest BCUT2D eigenvalue weighted by molar-refractivity contribution is -0.114. The van der Waals surface area contributed by atoms with Gasteiger partial charge in [0.05, 0.1) is 22.5 Å². The number of halogens is 1. The number of carbonyl (C=O) groups is 1. The van der Waals surface area contributed by atoms with Crippen molar-refractivity contribution in [3.63, 3.8) is 0 Å². The van der Waals surface area contributed by atoms with Gasteiger partial charge in [-0.2, -0.15) is 0 Å². The predicted molar refractivity (Wildman–Crippen MR) is 126 cm³/mol. The monoisotopic (exact) mass is 465 g/mol. The summed E-state index contributed by atoms with van der Waals surface area (Å²) in [5.41, 5.74) is 3.43. The highest BCUT2D eigenvalue weighted by atomic mass is 35.5. The highest BCUT2D eigenvalue weighted by molar-refractivity contribution is 7.90. The van der Waals surface area contributed by atoms with E-state index in [2.05, 4.69) is 4.98 Å². The fourth-order valence-corrected chi connectivity index (χ4v) is 4.52. The largest absolute Gasteiger partial charge is 0.324 e. The molecular formula is C24H20ClN3O3S. The second kappa shape index (κ2) is 8.98. The van der Waals surface area contributed by atoms with Crippen LogP contribution in [0.4, 0.5) is 0 Å². The van der Waals surface area contributed by atoms with E-state index in [0.29, 0.717) is 11.6 Å². The summed E-state index contributed by atoms with van der Waals surface area (Å²) >= 11 is 6.32. The maximum Gasteiger partial charge on any atom is 0.264 e. The van der Waals surface area contributed by atoms with Crippen molar-refractivity contribution in [2.24, 2.45) is 0 Å². The lowest BCUT2D eigenvalue weighted by Gasteiger charge is -2.09. The van der Waals surface area contributed by atoms with Crippen molar-refractivity contribution in [1.29, 1.82) is 0 Å². The van der Waals surface area contributed by atoms with Gasteiger partial charge >= 0.3 is 0 Å². The molecule has 3 aromatic carbocycles. The zero-order valence-corrected chi connectivity index (χ0v) is 18.8. The first-order valence-electron chi connectivity index (χ1n) is 9.84. The Balaban J connectivity index is 1.57. The predicted octanol–water partition coefficient (Wildman–Crippen LogP) is 4.56. The van der Waals surface area contributed by atoms with Gasteiger partial charge in [0.1, 0.15) is 5.82 Å². The summed E-state index contributed by atoms with van der Waals surface area (Å²) in [6.45, 7) is 2.49. The van der Waals surface area contributed by atoms with Gasteiger partial charge in [-0.15, -0.1) is 0 Å². The maximum atomic E-state index is 12.3. The second-order valence-corrected chi connectivity index (χ2v) is 9.29. The number of hydrogen-bond acceptors (Lipinski definition) is 4. The molecule has 0 spiro atoms. The van der Waals surface area contributed by atoms with Gasteiger partial charge in [0, 0.05) is 11.1 Å². The van der Waals surface area contributed by atoms with Crippen LogP contribution in [0.5, 0.6) is 0 Å². The second-order valence-electron chi connectivity index (χ2n) is 7.20. The number of hydrogen-bond donors (Lipinski definition) is 1. The third-order valence-corrected chi connectivity index (χ3v) is 6.70. The first-order chi connectivity index (χ1) is 15.3. The van der Waals surface area contributed by atoms with Gasteiger partial charge in [0.2, 0.25) is 0 Å². The normalized spacial score (nSPS) is 11.8. The molecule has 0 unspecified atom stereocenters. The Kier molecular flexibility index (Phi) is 6.12. The molecule has 8 heteroatoms. The van der Waals surface area contributed by atoms with Gasteiger partial charge in [-0.25, -0.2) is 18.1 Å².